The number of nitrogens with one attached hydrogen (secondary N) is 1. The van der Waals surface area contributed by atoms with Crippen molar-refractivity contribution in [1.29, 1.82) is 0 Å². The fourth-order valence-corrected chi connectivity index (χ4v) is 3.88. The van der Waals surface area contributed by atoms with E-state index >= 15 is 0 Å². The second-order valence-electron chi connectivity index (χ2n) is 7.11. The van der Waals surface area contributed by atoms with Gasteiger partial charge >= 0.3 is 0 Å². The SMILES string of the molecule is CCNCC1(CN2CCn3cnnc3C2)CCC(C)CC1. The standard InChI is InChI=1S/C16H29N5/c1-3-17-11-16(6-4-14(2)5-7-16)12-20-8-9-21-13-18-19-15(21)10-20/h13-14,17H,3-12H2,1-2H3. The molecule has 1 aliphatic carbocycles. The van der Waals surface area contributed by atoms with Gasteiger partial charge in [0.2, 0.25) is 0 Å². The monoisotopic (exact) mass is 291 g/mol. The van der Waals surface area contributed by atoms with Gasteiger partial charge in [0.1, 0.15) is 12.2 Å². The van der Waals surface area contributed by atoms with Crippen LogP contribution in [0.4, 0.5) is 0 Å². The summed E-state index contributed by atoms with van der Waals surface area (Å²) in [7, 11) is 0. The van der Waals surface area contributed by atoms with Crippen molar-refractivity contribution in [1.82, 2.24) is 25.0 Å². The van der Waals surface area contributed by atoms with Crippen LogP contribution in [0.5, 0.6) is 0 Å². The Morgan fingerprint density at radius 2 is 2.14 bits per heavy atom. The molecule has 2 heterocycles. The Balaban J connectivity index is 1.64. The normalized spacial score (nSPS) is 30.3. The lowest BCUT2D eigenvalue weighted by atomic mass is 9.70. The molecule has 0 amide bonds. The van der Waals surface area contributed by atoms with Crippen LogP contribution < -0.4 is 5.32 Å². The number of hydrogen-bond donors (Lipinski definition) is 1. The molecule has 0 spiro atoms. The van der Waals surface area contributed by atoms with Gasteiger partial charge in [0, 0.05) is 26.2 Å². The Kier molecular flexibility index (Phi) is 4.60. The largest absolute Gasteiger partial charge is 0.316 e. The minimum absolute atomic E-state index is 0.463. The van der Waals surface area contributed by atoms with Crippen LogP contribution in [0.2, 0.25) is 0 Å². The van der Waals surface area contributed by atoms with E-state index in [1.807, 2.05) is 6.33 Å². The second-order valence-corrected chi connectivity index (χ2v) is 7.11. The lowest BCUT2D eigenvalue weighted by Gasteiger charge is -2.43. The maximum atomic E-state index is 4.25. The van der Waals surface area contributed by atoms with Gasteiger partial charge in [-0.25, -0.2) is 0 Å². The molecular weight excluding hydrogens is 262 g/mol. The summed E-state index contributed by atoms with van der Waals surface area (Å²) < 4.78 is 2.19. The highest BCUT2D eigenvalue weighted by Crippen LogP contribution is 2.39. The van der Waals surface area contributed by atoms with E-state index in [0.29, 0.717) is 5.41 Å². The van der Waals surface area contributed by atoms with Gasteiger partial charge in [0.25, 0.3) is 0 Å². The van der Waals surface area contributed by atoms with E-state index in [4.69, 9.17) is 0 Å². The first-order valence-corrected chi connectivity index (χ1v) is 8.50. The Labute approximate surface area is 128 Å². The van der Waals surface area contributed by atoms with E-state index in [1.165, 1.54) is 38.8 Å². The molecule has 5 nitrogen and oxygen atoms in total. The highest BCUT2D eigenvalue weighted by atomic mass is 15.3. The number of nitrogens with zero attached hydrogens (tertiary/aromatic N) is 4. The van der Waals surface area contributed by atoms with Crippen LogP contribution in [-0.4, -0.2) is 45.8 Å². The van der Waals surface area contributed by atoms with Crippen LogP contribution in [0, 0.1) is 11.3 Å². The van der Waals surface area contributed by atoms with Crippen molar-refractivity contribution in [2.45, 2.75) is 52.6 Å². The number of aromatic nitrogens is 3. The molecule has 5 heteroatoms. The van der Waals surface area contributed by atoms with Crippen LogP contribution in [0.25, 0.3) is 0 Å². The Bertz CT molecular complexity index is 442. The van der Waals surface area contributed by atoms with E-state index in [2.05, 4.69) is 38.8 Å². The molecule has 1 N–H and O–H groups in total. The average Bonchev–Trinajstić information content (AvgIpc) is 2.96. The average molecular weight is 291 g/mol. The van der Waals surface area contributed by atoms with Crippen LogP contribution in [0.3, 0.4) is 0 Å². The zero-order chi connectivity index (χ0) is 14.7. The number of fused-ring (bicyclic) bond motifs is 1. The van der Waals surface area contributed by atoms with Crippen LogP contribution in [0.1, 0.15) is 45.4 Å². The van der Waals surface area contributed by atoms with Gasteiger partial charge in [-0.1, -0.05) is 26.7 Å². The predicted octanol–water partition coefficient (Wildman–Crippen LogP) is 1.90. The first kappa shape index (κ1) is 15.0. The third kappa shape index (κ3) is 3.46. The lowest BCUT2D eigenvalue weighted by molar-refractivity contribution is 0.0718. The summed E-state index contributed by atoms with van der Waals surface area (Å²) in [5.74, 6) is 2.04. The van der Waals surface area contributed by atoms with E-state index < -0.39 is 0 Å². The summed E-state index contributed by atoms with van der Waals surface area (Å²) in [6, 6.07) is 0. The molecule has 0 aromatic carbocycles. The minimum atomic E-state index is 0.463. The number of hydrogen-bond acceptors (Lipinski definition) is 4. The fraction of sp³-hybridized carbons (Fsp3) is 0.875. The highest BCUT2D eigenvalue weighted by Gasteiger charge is 2.36. The molecule has 1 aromatic rings. The molecule has 118 valence electrons. The van der Waals surface area contributed by atoms with Crippen molar-refractivity contribution in [3.8, 4) is 0 Å². The molecule has 21 heavy (non-hydrogen) atoms. The fourth-order valence-electron chi connectivity index (χ4n) is 3.88. The van der Waals surface area contributed by atoms with E-state index in [-0.39, 0.29) is 0 Å². The molecule has 1 aromatic heterocycles. The van der Waals surface area contributed by atoms with Crippen molar-refractivity contribution >= 4 is 0 Å². The first-order valence-electron chi connectivity index (χ1n) is 8.50. The molecule has 1 aliphatic heterocycles. The zero-order valence-electron chi connectivity index (χ0n) is 13.5. The molecule has 0 saturated heterocycles. The Morgan fingerprint density at radius 1 is 1.33 bits per heavy atom. The molecule has 2 aliphatic rings. The van der Waals surface area contributed by atoms with Crippen molar-refractivity contribution in [2.75, 3.05) is 26.2 Å². The zero-order valence-corrected chi connectivity index (χ0v) is 13.5. The van der Waals surface area contributed by atoms with Gasteiger partial charge in [-0.3, -0.25) is 4.90 Å². The minimum Gasteiger partial charge on any atom is -0.316 e. The summed E-state index contributed by atoms with van der Waals surface area (Å²) >= 11 is 0. The molecule has 0 atom stereocenters. The van der Waals surface area contributed by atoms with Crippen molar-refractivity contribution in [3.05, 3.63) is 12.2 Å². The maximum absolute atomic E-state index is 4.25. The highest BCUT2D eigenvalue weighted by molar-refractivity contribution is 4.94. The van der Waals surface area contributed by atoms with Gasteiger partial charge in [0.15, 0.2) is 0 Å². The molecule has 0 bridgehead atoms. The summed E-state index contributed by atoms with van der Waals surface area (Å²) in [5.41, 5.74) is 0.463. The van der Waals surface area contributed by atoms with Gasteiger partial charge in [-0.15, -0.1) is 10.2 Å². The van der Waals surface area contributed by atoms with Crippen molar-refractivity contribution < 1.29 is 0 Å². The molecule has 1 fully saturated rings. The maximum Gasteiger partial charge on any atom is 0.147 e. The van der Waals surface area contributed by atoms with Crippen LogP contribution in [-0.2, 0) is 13.1 Å². The number of rotatable bonds is 5. The Morgan fingerprint density at radius 3 is 2.90 bits per heavy atom. The van der Waals surface area contributed by atoms with Gasteiger partial charge in [0.05, 0.1) is 6.54 Å². The predicted molar refractivity (Wildman–Crippen MR) is 83.9 cm³/mol. The van der Waals surface area contributed by atoms with E-state index in [1.54, 1.807) is 0 Å². The van der Waals surface area contributed by atoms with Gasteiger partial charge in [-0.2, -0.15) is 0 Å². The summed E-state index contributed by atoms with van der Waals surface area (Å²) in [6.07, 6.45) is 7.36. The summed E-state index contributed by atoms with van der Waals surface area (Å²) in [6.45, 7) is 11.2. The lowest BCUT2D eigenvalue weighted by Crippen LogP contribution is -2.48. The first-order chi connectivity index (χ1) is 10.2. The van der Waals surface area contributed by atoms with Crippen LogP contribution in [0.15, 0.2) is 6.33 Å². The third-order valence-electron chi connectivity index (χ3n) is 5.36. The topological polar surface area (TPSA) is 46.0 Å². The van der Waals surface area contributed by atoms with Gasteiger partial charge in [-0.05, 0) is 30.7 Å². The smallest absolute Gasteiger partial charge is 0.147 e. The molecule has 0 radical (unpaired) electrons. The molecule has 3 rings (SSSR count). The van der Waals surface area contributed by atoms with Gasteiger partial charge < -0.3 is 9.88 Å². The van der Waals surface area contributed by atoms with E-state index in [9.17, 15) is 0 Å². The van der Waals surface area contributed by atoms with Crippen LogP contribution >= 0.6 is 0 Å². The second kappa shape index (κ2) is 6.44. The van der Waals surface area contributed by atoms with Crippen molar-refractivity contribution in [2.24, 2.45) is 11.3 Å². The Hall–Kier alpha value is -0.940. The summed E-state index contributed by atoms with van der Waals surface area (Å²) in [5, 5.41) is 11.9. The molecule has 1 saturated carbocycles. The van der Waals surface area contributed by atoms with E-state index in [0.717, 1.165) is 37.9 Å². The third-order valence-corrected chi connectivity index (χ3v) is 5.36. The molecular formula is C16H29N5. The molecule has 0 unspecified atom stereocenters. The quantitative estimate of drug-likeness (QED) is 0.900. The van der Waals surface area contributed by atoms with Crippen molar-refractivity contribution in [3.63, 3.8) is 0 Å². The summed E-state index contributed by atoms with van der Waals surface area (Å²) in [4.78, 5) is 2.59.